The fourth-order valence-corrected chi connectivity index (χ4v) is 41.4. The van der Waals surface area contributed by atoms with Gasteiger partial charge in [-0.1, -0.05) is 0 Å². The average molecular weight is 1010 g/mol. The first-order valence-corrected chi connectivity index (χ1v) is 41.3. The number of fused-ring (bicyclic) bond motifs is 2. The van der Waals surface area contributed by atoms with E-state index in [9.17, 15) is 17.0 Å². The zero-order valence-electron chi connectivity index (χ0n) is 42.2. The molecular weight excluding hydrogens is 935 g/mol. The molecule has 0 spiro atoms. The van der Waals surface area contributed by atoms with Gasteiger partial charge in [-0.3, -0.25) is 0 Å². The topological polar surface area (TPSA) is 0 Å². The summed E-state index contributed by atoms with van der Waals surface area (Å²) < 4.78 is -0.241. The second-order valence-electron chi connectivity index (χ2n) is 21.9. The van der Waals surface area contributed by atoms with E-state index >= 15 is 0 Å². The van der Waals surface area contributed by atoms with Crippen LogP contribution in [0.3, 0.4) is 0 Å². The third kappa shape index (κ3) is 8.52. The number of halogens is 2. The van der Waals surface area contributed by atoms with E-state index in [2.05, 4.69) is 230 Å². The Morgan fingerprint density at radius 3 is 0.985 bits per heavy atom. The first kappa shape index (κ1) is 48.9. The number of rotatable bonds is 13. The molecule has 0 nitrogen and oxygen atoms in total. The minimum atomic E-state index is -5.40. The van der Waals surface area contributed by atoms with Crippen LogP contribution in [-0.4, -0.2) is 5.92 Å². The molecule has 6 aromatic carbocycles. The molecule has 2 atom stereocenters. The second kappa shape index (κ2) is 18.8. The molecule has 8 rings (SSSR count). The van der Waals surface area contributed by atoms with Gasteiger partial charge in [0.15, 0.2) is 0 Å². The van der Waals surface area contributed by atoms with Gasteiger partial charge in [0.1, 0.15) is 0 Å². The van der Waals surface area contributed by atoms with Gasteiger partial charge in [0.25, 0.3) is 0 Å². The first-order valence-electron chi connectivity index (χ1n) is 25.0. The fourth-order valence-electron chi connectivity index (χ4n) is 11.3. The molecule has 0 amide bonds. The summed E-state index contributed by atoms with van der Waals surface area (Å²) in [7, 11) is 18.6. The Morgan fingerprint density at radius 1 is 0.394 bits per heavy atom. The molecule has 66 heavy (non-hydrogen) atoms. The molecule has 343 valence electrons. The first-order chi connectivity index (χ1) is 31.2. The van der Waals surface area contributed by atoms with Gasteiger partial charge in [0, 0.05) is 0 Å². The molecule has 0 aromatic heterocycles. The Hall–Kier alpha value is -3.52. The maximum absolute atomic E-state index is 9.31. The molecule has 2 aliphatic carbocycles. The Kier molecular flexibility index (Phi) is 13.9. The van der Waals surface area contributed by atoms with E-state index in [0.29, 0.717) is 35.5 Å². The molecule has 0 bridgehead atoms. The van der Waals surface area contributed by atoms with Crippen molar-refractivity contribution in [1.29, 1.82) is 0 Å². The van der Waals surface area contributed by atoms with Gasteiger partial charge in [-0.25, -0.2) is 0 Å². The molecule has 2 aliphatic rings. The van der Waals surface area contributed by atoms with Crippen LogP contribution in [0.25, 0.3) is 45.6 Å². The summed E-state index contributed by atoms with van der Waals surface area (Å²) in [5.41, 5.74) is 23.9. The Bertz CT molecular complexity index is 2600. The van der Waals surface area contributed by atoms with E-state index in [1.54, 1.807) is 0 Å². The predicted molar refractivity (Wildman–Crippen MR) is 293 cm³/mol. The third-order valence-corrected chi connectivity index (χ3v) is 66.9. The van der Waals surface area contributed by atoms with E-state index in [4.69, 9.17) is 0 Å². The van der Waals surface area contributed by atoms with E-state index in [0.717, 1.165) is 0 Å². The summed E-state index contributed by atoms with van der Waals surface area (Å²) in [5.74, 6) is 0.348. The Morgan fingerprint density at radius 2 is 0.712 bits per heavy atom. The van der Waals surface area contributed by atoms with Crippen LogP contribution in [0.1, 0.15) is 193 Å². The number of allylic oxidation sites excluding steroid dienone is 2. The van der Waals surface area contributed by atoms with Gasteiger partial charge in [-0.2, -0.15) is 0 Å². The molecule has 6 aromatic rings. The van der Waals surface area contributed by atoms with Gasteiger partial charge in [0.05, 0.1) is 0 Å². The van der Waals surface area contributed by atoms with Crippen LogP contribution in [0.4, 0.5) is 0 Å². The molecule has 0 radical (unpaired) electrons. The van der Waals surface area contributed by atoms with Crippen LogP contribution in [-0.2, 0) is 15.6 Å². The number of benzene rings is 6. The van der Waals surface area contributed by atoms with Crippen molar-refractivity contribution in [3.8, 4) is 22.3 Å². The average Bonchev–Trinajstić information content (AvgIpc) is 3.90. The van der Waals surface area contributed by atoms with Crippen molar-refractivity contribution in [2.24, 2.45) is 0 Å². The molecule has 2 unspecified atom stereocenters. The van der Waals surface area contributed by atoms with E-state index < -0.39 is 21.5 Å². The van der Waals surface area contributed by atoms with Crippen molar-refractivity contribution >= 4 is 46.2 Å². The van der Waals surface area contributed by atoms with E-state index in [1.165, 1.54) is 100 Å². The fraction of sp³-hybridized carbons (Fsp3) is 0.355. The summed E-state index contributed by atoms with van der Waals surface area (Å²) >= 11 is -5.40. The predicted octanol–water partition coefficient (Wildman–Crippen LogP) is 19.6. The minimum absolute atomic E-state index is 0.121. The van der Waals surface area contributed by atoms with Crippen LogP contribution in [0.15, 0.2) is 121 Å². The zero-order valence-corrected chi connectivity index (χ0v) is 47.3. The van der Waals surface area contributed by atoms with Gasteiger partial charge >= 0.3 is 411 Å². The Balaban J connectivity index is 1.49. The van der Waals surface area contributed by atoms with Crippen molar-refractivity contribution in [2.75, 3.05) is 0 Å². The molecule has 0 saturated heterocycles. The molecule has 0 saturated carbocycles. The third-order valence-electron chi connectivity index (χ3n) is 15.3. The van der Waals surface area contributed by atoms with Crippen LogP contribution in [0.2, 0.25) is 13.1 Å². The number of hydrogen-bond acceptors (Lipinski definition) is 0. The van der Waals surface area contributed by atoms with Crippen molar-refractivity contribution in [1.82, 2.24) is 0 Å². The van der Waals surface area contributed by atoms with Crippen molar-refractivity contribution < 1.29 is 15.6 Å². The Labute approximate surface area is 407 Å². The van der Waals surface area contributed by atoms with E-state index in [1.807, 2.05) is 0 Å². The summed E-state index contributed by atoms with van der Waals surface area (Å²) in [6.07, 6.45) is 5.09. The van der Waals surface area contributed by atoms with Gasteiger partial charge < -0.3 is 0 Å². The van der Waals surface area contributed by atoms with Crippen LogP contribution >= 0.6 is 17.0 Å². The summed E-state index contributed by atoms with van der Waals surface area (Å²) in [6, 6.07) is 46.8. The van der Waals surface area contributed by atoms with Gasteiger partial charge in [0.2, 0.25) is 0 Å². The molecule has 0 aliphatic heterocycles. The van der Waals surface area contributed by atoms with Crippen molar-refractivity contribution in [3.63, 3.8) is 0 Å². The van der Waals surface area contributed by atoms with Gasteiger partial charge in [-0.05, 0) is 0 Å². The molecule has 4 heteroatoms. The van der Waals surface area contributed by atoms with Crippen LogP contribution in [0.5, 0.6) is 0 Å². The summed E-state index contributed by atoms with van der Waals surface area (Å²) in [4.78, 5) is 0. The summed E-state index contributed by atoms with van der Waals surface area (Å²) in [5, 5.41) is 0. The molecule has 0 heterocycles. The number of hydrogen-bond donors (Lipinski definition) is 0. The molecule has 0 N–H and O–H groups in total. The van der Waals surface area contributed by atoms with Crippen LogP contribution < -0.4 is 0 Å². The van der Waals surface area contributed by atoms with Gasteiger partial charge in [-0.15, -0.1) is 0 Å². The molecule has 0 fully saturated rings. The monoisotopic (exact) mass is 1010 g/mol. The van der Waals surface area contributed by atoms with Crippen LogP contribution in [0, 0.1) is 0 Å². The maximum atomic E-state index is 9.31. The standard InChI is InChI=1S/2C30H33.C2H7Si.2ClH.Zr/c2*1-19(2)24-15-25(20(3)4)17-27(16-24)30-28(21(5)6)13-12-23-14-26(18-29(23)30)22-10-8-7-9-11-22;1-3-2;;;/h2*7-21H,1-6H3;3H,1-2H3;2*1H;/q;;;;;+2/p-2. The quantitative estimate of drug-likeness (QED) is 0.101. The molecular formula is C62H73Cl2SiZr. The summed E-state index contributed by atoms with van der Waals surface area (Å²) in [6.45, 7) is 32.9. The second-order valence-corrected chi connectivity index (χ2v) is 64.5. The van der Waals surface area contributed by atoms with E-state index in [-0.39, 0.29) is 7.25 Å². The van der Waals surface area contributed by atoms with Crippen molar-refractivity contribution in [2.45, 2.75) is 139 Å². The SMILES string of the molecule is CC(C)c1cc(-c2c(C(C)C)ccc3c2C=C(c2ccccc2)[CH]3[Zr]([Cl])([Cl])([CH]2C(c3ccccc3)=Cc3c2ccc(C(C)C)c3-c2cc(C(C)C)cc(C(C)C)c2)[SiH](C)C)cc(C(C)C)c1. The van der Waals surface area contributed by atoms with Crippen molar-refractivity contribution in [3.05, 3.63) is 188 Å². The zero-order chi connectivity index (χ0) is 47.6. The normalized spacial score (nSPS) is 16.7.